The summed E-state index contributed by atoms with van der Waals surface area (Å²) in [6.45, 7) is 1.45. The smallest absolute Gasteiger partial charge is 0.260 e. The van der Waals surface area contributed by atoms with Gasteiger partial charge in [0.2, 0.25) is 5.88 Å². The number of rotatable bonds is 3. The zero-order chi connectivity index (χ0) is 15.7. The van der Waals surface area contributed by atoms with E-state index in [1.165, 1.54) is 7.11 Å². The highest BCUT2D eigenvalue weighted by Gasteiger charge is 2.29. The molecule has 1 amide bonds. The Morgan fingerprint density at radius 2 is 2.14 bits per heavy atom. The predicted molar refractivity (Wildman–Crippen MR) is 80.8 cm³/mol. The van der Waals surface area contributed by atoms with Gasteiger partial charge in [-0.25, -0.2) is 0 Å². The fraction of sp³-hybridized carbons (Fsp3) is 0.533. The molecule has 22 heavy (non-hydrogen) atoms. The van der Waals surface area contributed by atoms with Crippen LogP contribution in [-0.4, -0.2) is 50.6 Å². The fourth-order valence-corrected chi connectivity index (χ4v) is 2.99. The van der Waals surface area contributed by atoms with Crippen LogP contribution >= 0.6 is 0 Å². The molecule has 1 fully saturated rings. The summed E-state index contributed by atoms with van der Waals surface area (Å²) in [6, 6.07) is 2.03. The molecule has 3 rings (SSSR count). The Bertz CT molecular complexity index is 675. The van der Waals surface area contributed by atoms with Crippen LogP contribution in [0.2, 0.25) is 0 Å². The first-order chi connectivity index (χ1) is 10.6. The highest BCUT2D eigenvalue weighted by Crippen LogP contribution is 2.27. The molecule has 0 aliphatic carbocycles. The number of hydrogen-bond donors (Lipinski definition) is 0. The molecule has 0 bridgehead atoms. The number of aromatic nitrogens is 4. The number of hydrogen-bond acceptors (Lipinski definition) is 4. The highest BCUT2D eigenvalue weighted by molar-refractivity contribution is 5.96. The fourth-order valence-electron chi connectivity index (χ4n) is 2.99. The van der Waals surface area contributed by atoms with Crippen LogP contribution in [0.5, 0.6) is 5.88 Å². The first-order valence-electron chi connectivity index (χ1n) is 7.45. The lowest BCUT2D eigenvalue weighted by atomic mass is 9.94. The Kier molecular flexibility index (Phi) is 3.87. The number of nitrogens with zero attached hydrogens (tertiary/aromatic N) is 5. The van der Waals surface area contributed by atoms with Crippen LogP contribution in [0.1, 0.15) is 34.8 Å². The Balaban J connectivity index is 1.78. The minimum absolute atomic E-state index is 0.0226. The first kappa shape index (κ1) is 14.6. The summed E-state index contributed by atoms with van der Waals surface area (Å²) in [5.74, 6) is 0.652. The molecule has 1 aliphatic rings. The van der Waals surface area contributed by atoms with Gasteiger partial charge in [-0.3, -0.25) is 14.2 Å². The molecule has 0 spiro atoms. The lowest BCUT2D eigenvalue weighted by Crippen LogP contribution is -2.39. The number of carbonyl (C=O) groups excluding carboxylic acids is 1. The molecule has 0 aromatic carbocycles. The second-order valence-corrected chi connectivity index (χ2v) is 5.73. The van der Waals surface area contributed by atoms with Crippen molar-refractivity contribution < 1.29 is 9.53 Å². The predicted octanol–water partition coefficient (Wildman–Crippen LogP) is 1.18. The van der Waals surface area contributed by atoms with Crippen LogP contribution < -0.4 is 4.74 Å². The van der Waals surface area contributed by atoms with Crippen molar-refractivity contribution in [1.82, 2.24) is 24.5 Å². The topological polar surface area (TPSA) is 65.2 Å². The van der Waals surface area contributed by atoms with E-state index < -0.39 is 0 Å². The van der Waals surface area contributed by atoms with E-state index in [-0.39, 0.29) is 5.91 Å². The largest absolute Gasteiger partial charge is 0.479 e. The molecule has 0 saturated carbocycles. The minimum Gasteiger partial charge on any atom is -0.479 e. The molecule has 2 aromatic rings. The average molecular weight is 303 g/mol. The van der Waals surface area contributed by atoms with Crippen LogP contribution in [0.25, 0.3) is 0 Å². The molecule has 7 nitrogen and oxygen atoms in total. The lowest BCUT2D eigenvalue weighted by molar-refractivity contribution is 0.0702. The van der Waals surface area contributed by atoms with Crippen LogP contribution in [-0.2, 0) is 14.1 Å². The van der Waals surface area contributed by atoms with Crippen molar-refractivity contribution in [3.8, 4) is 5.88 Å². The van der Waals surface area contributed by atoms with Gasteiger partial charge in [0.1, 0.15) is 5.56 Å². The number of carbonyl (C=O) groups is 1. The van der Waals surface area contributed by atoms with E-state index in [0.717, 1.165) is 25.1 Å². The van der Waals surface area contributed by atoms with Gasteiger partial charge < -0.3 is 9.64 Å². The Hall–Kier alpha value is -2.31. The van der Waals surface area contributed by atoms with Gasteiger partial charge in [-0.1, -0.05) is 0 Å². The van der Waals surface area contributed by atoms with E-state index in [1.807, 2.05) is 24.2 Å². The Labute approximate surface area is 129 Å². The third-order valence-corrected chi connectivity index (χ3v) is 4.08. The van der Waals surface area contributed by atoms with Gasteiger partial charge in [0, 0.05) is 45.5 Å². The van der Waals surface area contributed by atoms with Crippen LogP contribution in [0.4, 0.5) is 0 Å². The van der Waals surface area contributed by atoms with Gasteiger partial charge in [-0.2, -0.15) is 5.10 Å². The van der Waals surface area contributed by atoms with Gasteiger partial charge in [-0.15, -0.1) is 5.10 Å². The van der Waals surface area contributed by atoms with Crippen molar-refractivity contribution in [2.45, 2.75) is 18.8 Å². The van der Waals surface area contributed by atoms with Crippen molar-refractivity contribution in [3.63, 3.8) is 0 Å². The molecule has 1 atom stereocenters. The lowest BCUT2D eigenvalue weighted by Gasteiger charge is -2.31. The molecule has 0 unspecified atom stereocenters. The Morgan fingerprint density at radius 1 is 1.32 bits per heavy atom. The first-order valence-corrected chi connectivity index (χ1v) is 7.45. The molecule has 0 radical (unpaired) electrons. The second kappa shape index (κ2) is 5.82. The number of piperidine rings is 1. The summed E-state index contributed by atoms with van der Waals surface area (Å²) in [5.41, 5.74) is 1.57. The summed E-state index contributed by atoms with van der Waals surface area (Å²) < 4.78 is 8.61. The van der Waals surface area contributed by atoms with E-state index in [0.29, 0.717) is 23.9 Å². The summed E-state index contributed by atoms with van der Waals surface area (Å²) in [7, 11) is 5.23. The van der Waals surface area contributed by atoms with Crippen molar-refractivity contribution >= 4 is 5.91 Å². The number of aryl methyl sites for hydroxylation is 2. The minimum atomic E-state index is -0.0226. The molecule has 3 heterocycles. The molecule has 7 heteroatoms. The molecule has 2 aromatic heterocycles. The quantitative estimate of drug-likeness (QED) is 0.854. The normalized spacial score (nSPS) is 18.5. The van der Waals surface area contributed by atoms with Gasteiger partial charge >= 0.3 is 0 Å². The molecule has 1 aliphatic heterocycles. The van der Waals surface area contributed by atoms with Gasteiger partial charge in [-0.05, 0) is 18.9 Å². The molecule has 1 saturated heterocycles. The molecule has 0 N–H and O–H groups in total. The number of amides is 1. The zero-order valence-electron chi connectivity index (χ0n) is 13.2. The molecular formula is C15H21N5O2. The van der Waals surface area contributed by atoms with Gasteiger partial charge in [0.05, 0.1) is 12.8 Å². The van der Waals surface area contributed by atoms with Crippen LogP contribution in [0.3, 0.4) is 0 Å². The van der Waals surface area contributed by atoms with Crippen LogP contribution in [0, 0.1) is 0 Å². The standard InChI is InChI=1S/C15H21N5O2/c1-18-8-6-13(16-18)11-5-4-7-20(9-11)15(21)12-10-19(2)17-14(12)22-3/h6,8,10-11H,4-5,7,9H2,1-3H3/t11-/m1/s1. The Morgan fingerprint density at radius 3 is 2.82 bits per heavy atom. The number of likely N-dealkylation sites (tertiary alicyclic amines) is 1. The zero-order valence-corrected chi connectivity index (χ0v) is 13.2. The average Bonchev–Trinajstić information content (AvgIpc) is 3.12. The second-order valence-electron chi connectivity index (χ2n) is 5.73. The number of ether oxygens (including phenoxy) is 1. The van der Waals surface area contributed by atoms with Crippen molar-refractivity contribution in [1.29, 1.82) is 0 Å². The van der Waals surface area contributed by atoms with E-state index in [1.54, 1.807) is 22.6 Å². The maximum absolute atomic E-state index is 12.7. The molecular weight excluding hydrogens is 282 g/mol. The van der Waals surface area contributed by atoms with E-state index >= 15 is 0 Å². The third kappa shape index (κ3) is 2.70. The third-order valence-electron chi connectivity index (χ3n) is 4.08. The van der Waals surface area contributed by atoms with E-state index in [9.17, 15) is 4.79 Å². The maximum Gasteiger partial charge on any atom is 0.260 e. The van der Waals surface area contributed by atoms with Crippen molar-refractivity contribution in [2.24, 2.45) is 14.1 Å². The van der Waals surface area contributed by atoms with Crippen molar-refractivity contribution in [2.75, 3.05) is 20.2 Å². The maximum atomic E-state index is 12.7. The highest BCUT2D eigenvalue weighted by atomic mass is 16.5. The van der Waals surface area contributed by atoms with Crippen LogP contribution in [0.15, 0.2) is 18.5 Å². The molecule has 118 valence electrons. The van der Waals surface area contributed by atoms with E-state index in [4.69, 9.17) is 4.74 Å². The summed E-state index contributed by atoms with van der Waals surface area (Å²) >= 11 is 0. The monoisotopic (exact) mass is 303 g/mol. The van der Waals surface area contributed by atoms with Gasteiger partial charge in [0.25, 0.3) is 5.91 Å². The van der Waals surface area contributed by atoms with Gasteiger partial charge in [0.15, 0.2) is 0 Å². The SMILES string of the molecule is COc1nn(C)cc1C(=O)N1CCC[C@@H](c2ccn(C)n2)C1. The summed E-state index contributed by atoms with van der Waals surface area (Å²) in [5, 5.41) is 8.63. The summed E-state index contributed by atoms with van der Waals surface area (Å²) in [4.78, 5) is 14.6. The van der Waals surface area contributed by atoms with Crippen molar-refractivity contribution in [3.05, 3.63) is 29.7 Å². The summed E-state index contributed by atoms with van der Waals surface area (Å²) in [6.07, 6.45) is 5.70. The van der Waals surface area contributed by atoms with E-state index in [2.05, 4.69) is 10.2 Å². The number of methoxy groups -OCH3 is 1.